The van der Waals surface area contributed by atoms with Crippen LogP contribution in [0.15, 0.2) is 30.3 Å². The Bertz CT molecular complexity index is 1250. The Hall–Kier alpha value is -2.97. The maximum absolute atomic E-state index is 13.2. The topological polar surface area (TPSA) is 88.2 Å². The molecule has 3 atom stereocenters. The van der Waals surface area contributed by atoms with Crippen molar-refractivity contribution in [1.29, 1.82) is 0 Å². The molecule has 3 aliphatic heterocycles. The molecule has 0 radical (unpaired) electrons. The SMILES string of the molecule is Bc1c(C(B)Oc2cccc3c2CN(C2CCC(=O)NC2=O)C3=O)ccc(C(B)N2CCOCC2)c1B. The molecule has 0 saturated carbocycles. The van der Waals surface area contributed by atoms with Crippen LogP contribution < -0.4 is 21.0 Å². The van der Waals surface area contributed by atoms with Gasteiger partial charge in [0, 0.05) is 36.6 Å². The predicted octanol–water partition coefficient (Wildman–Crippen LogP) is -3.36. The molecule has 2 saturated heterocycles. The number of imide groups is 1. The number of rotatable bonds is 6. The van der Waals surface area contributed by atoms with Gasteiger partial charge in [0.25, 0.3) is 5.91 Å². The maximum atomic E-state index is 13.2. The van der Waals surface area contributed by atoms with Crippen LogP contribution in [0.2, 0.25) is 0 Å². The minimum Gasteiger partial charge on any atom is -0.495 e. The second-order valence-electron chi connectivity index (χ2n) is 10.3. The summed E-state index contributed by atoms with van der Waals surface area (Å²) in [5, 5.41) is 2.35. The summed E-state index contributed by atoms with van der Waals surface area (Å²) in [4.78, 5) is 41.2. The van der Waals surface area contributed by atoms with E-state index < -0.39 is 11.9 Å². The zero-order valence-electron chi connectivity index (χ0n) is 22.0. The summed E-state index contributed by atoms with van der Waals surface area (Å²) in [5.41, 5.74) is 6.25. The van der Waals surface area contributed by atoms with Gasteiger partial charge in [-0.15, -0.1) is 0 Å². The molecule has 12 heteroatoms. The Kier molecular flexibility index (Phi) is 7.23. The lowest BCUT2D eigenvalue weighted by Gasteiger charge is -2.34. The lowest BCUT2D eigenvalue weighted by molar-refractivity contribution is -0.136. The summed E-state index contributed by atoms with van der Waals surface area (Å²) in [6.07, 6.45) is 0.570. The van der Waals surface area contributed by atoms with E-state index in [1.807, 2.05) is 20.0 Å². The molecular formula is C25H31B4N3O5. The first kappa shape index (κ1) is 25.7. The van der Waals surface area contributed by atoms with E-state index in [9.17, 15) is 14.4 Å². The molecule has 3 aliphatic rings. The molecule has 1 N–H and O–H groups in total. The van der Waals surface area contributed by atoms with Crippen molar-refractivity contribution in [2.75, 3.05) is 26.3 Å². The Balaban J connectivity index is 1.35. The van der Waals surface area contributed by atoms with Crippen molar-refractivity contribution in [2.24, 2.45) is 0 Å². The highest BCUT2D eigenvalue weighted by Gasteiger charge is 2.40. The quantitative estimate of drug-likeness (QED) is 0.332. The van der Waals surface area contributed by atoms with Gasteiger partial charge < -0.3 is 14.4 Å². The van der Waals surface area contributed by atoms with E-state index in [0.29, 0.717) is 23.7 Å². The normalized spacial score (nSPS) is 21.9. The Morgan fingerprint density at radius 1 is 1.00 bits per heavy atom. The van der Waals surface area contributed by atoms with Crippen LogP contribution in [0, 0.1) is 0 Å². The van der Waals surface area contributed by atoms with Gasteiger partial charge >= 0.3 is 0 Å². The van der Waals surface area contributed by atoms with Crippen LogP contribution in [-0.4, -0.2) is 91.3 Å². The predicted molar refractivity (Wildman–Crippen MR) is 151 cm³/mol. The minimum absolute atomic E-state index is 0.198. The number of benzene rings is 2. The van der Waals surface area contributed by atoms with Crippen molar-refractivity contribution >= 4 is 60.0 Å². The van der Waals surface area contributed by atoms with Crippen LogP contribution in [-0.2, 0) is 20.9 Å². The highest BCUT2D eigenvalue weighted by atomic mass is 16.5. The monoisotopic (exact) mass is 497 g/mol. The van der Waals surface area contributed by atoms with Gasteiger partial charge in [0.2, 0.25) is 11.8 Å². The van der Waals surface area contributed by atoms with Crippen LogP contribution >= 0.6 is 0 Å². The van der Waals surface area contributed by atoms with Gasteiger partial charge in [0.05, 0.1) is 25.8 Å². The summed E-state index contributed by atoms with van der Waals surface area (Å²) in [6, 6.07) is 8.97. The first-order valence-corrected chi connectivity index (χ1v) is 13.1. The number of amides is 3. The zero-order valence-corrected chi connectivity index (χ0v) is 22.0. The lowest BCUT2D eigenvalue weighted by Crippen LogP contribution is -2.52. The van der Waals surface area contributed by atoms with Gasteiger partial charge in [0.15, 0.2) is 7.85 Å². The average Bonchev–Trinajstić information content (AvgIpc) is 3.23. The number of hydrogen-bond acceptors (Lipinski definition) is 6. The number of hydrogen-bond donors (Lipinski definition) is 1. The molecule has 3 heterocycles. The second-order valence-corrected chi connectivity index (χ2v) is 10.3. The lowest BCUT2D eigenvalue weighted by atomic mass is 9.68. The van der Waals surface area contributed by atoms with Crippen molar-refractivity contribution in [3.63, 3.8) is 0 Å². The molecule has 2 aromatic rings. The fraction of sp³-hybridized carbons (Fsp3) is 0.400. The third-order valence-electron chi connectivity index (χ3n) is 8.20. The number of piperidine rings is 1. The largest absolute Gasteiger partial charge is 0.495 e. The number of nitrogens with zero attached hydrogens (tertiary/aromatic N) is 2. The molecule has 0 aromatic heterocycles. The Labute approximate surface area is 221 Å². The van der Waals surface area contributed by atoms with Crippen LogP contribution in [0.25, 0.3) is 0 Å². The number of nitrogens with one attached hydrogen (secondary N) is 1. The molecule has 0 bridgehead atoms. The van der Waals surface area contributed by atoms with Gasteiger partial charge in [-0.2, -0.15) is 0 Å². The fourth-order valence-corrected chi connectivity index (χ4v) is 5.84. The molecule has 0 spiro atoms. The van der Waals surface area contributed by atoms with Crippen LogP contribution in [0.3, 0.4) is 0 Å². The van der Waals surface area contributed by atoms with Gasteiger partial charge in [-0.25, -0.2) is 0 Å². The van der Waals surface area contributed by atoms with Gasteiger partial charge in [-0.3, -0.25) is 24.6 Å². The third kappa shape index (κ3) is 4.84. The van der Waals surface area contributed by atoms with Crippen molar-refractivity contribution in [1.82, 2.24) is 15.1 Å². The molecule has 3 amide bonds. The number of fused-ring (bicyclic) bond motifs is 1. The summed E-state index contributed by atoms with van der Waals surface area (Å²) >= 11 is 0. The van der Waals surface area contributed by atoms with Crippen LogP contribution in [0.5, 0.6) is 5.75 Å². The first-order chi connectivity index (χ1) is 17.8. The summed E-state index contributed by atoms with van der Waals surface area (Å²) in [5.74, 6) is 0.0617. The van der Waals surface area contributed by atoms with E-state index in [2.05, 4.69) is 45.9 Å². The van der Waals surface area contributed by atoms with Crippen LogP contribution in [0.4, 0.5) is 0 Å². The van der Waals surface area contributed by atoms with E-state index in [0.717, 1.165) is 37.4 Å². The Morgan fingerprint density at radius 3 is 2.43 bits per heavy atom. The summed E-state index contributed by atoms with van der Waals surface area (Å²) in [6.45, 7) is 3.72. The molecule has 2 aromatic carbocycles. The van der Waals surface area contributed by atoms with Crippen molar-refractivity contribution in [2.45, 2.75) is 37.4 Å². The summed E-state index contributed by atoms with van der Waals surface area (Å²) in [7, 11) is 8.60. The smallest absolute Gasteiger partial charge is 0.255 e. The highest BCUT2D eigenvalue weighted by molar-refractivity contribution is 6.50. The first-order valence-electron chi connectivity index (χ1n) is 13.1. The number of morpholine rings is 1. The van der Waals surface area contributed by atoms with Crippen molar-refractivity contribution < 1.29 is 23.9 Å². The van der Waals surface area contributed by atoms with Crippen LogP contribution in [0.1, 0.15) is 51.8 Å². The number of ether oxygens (including phenoxy) is 2. The van der Waals surface area contributed by atoms with Crippen molar-refractivity contribution in [3.05, 3.63) is 52.6 Å². The molecule has 8 nitrogen and oxygen atoms in total. The molecule has 3 unspecified atom stereocenters. The van der Waals surface area contributed by atoms with Gasteiger partial charge in [0.1, 0.15) is 35.3 Å². The molecular weight excluding hydrogens is 466 g/mol. The van der Waals surface area contributed by atoms with Gasteiger partial charge in [-0.05, 0) is 29.7 Å². The van der Waals surface area contributed by atoms with E-state index in [1.165, 1.54) is 16.5 Å². The molecule has 37 heavy (non-hydrogen) atoms. The average molecular weight is 497 g/mol. The third-order valence-corrected chi connectivity index (χ3v) is 8.20. The Morgan fingerprint density at radius 2 is 1.70 bits per heavy atom. The highest BCUT2D eigenvalue weighted by Crippen LogP contribution is 2.35. The molecule has 188 valence electrons. The van der Waals surface area contributed by atoms with E-state index in [-0.39, 0.29) is 30.8 Å². The van der Waals surface area contributed by atoms with Gasteiger partial charge in [-0.1, -0.05) is 29.1 Å². The molecule has 2 fully saturated rings. The fourth-order valence-electron chi connectivity index (χ4n) is 5.84. The second kappa shape index (κ2) is 10.4. The maximum Gasteiger partial charge on any atom is 0.255 e. The standard InChI is InChI=1S/C25H31B4N3O5/c26-20-14(22(28)31-8-10-36-11-9-31)4-5-15(21(20)27)23(29)37-18-3-1-2-13-16(18)12-32(25(13)35)17-6-7-19(33)30-24(17)34/h1-5,17,22-23H,6-12,26-29H2,(H,30,33,34). The van der Waals surface area contributed by atoms with E-state index in [1.54, 1.807) is 11.0 Å². The number of carbonyl (C=O) groups excluding carboxylic acids is 3. The zero-order chi connectivity index (χ0) is 26.3. The van der Waals surface area contributed by atoms with E-state index in [4.69, 9.17) is 9.47 Å². The molecule has 0 aliphatic carbocycles. The van der Waals surface area contributed by atoms with E-state index >= 15 is 0 Å². The minimum atomic E-state index is -0.645. The number of carbonyl (C=O) groups is 3. The summed E-state index contributed by atoms with van der Waals surface area (Å²) < 4.78 is 12.0. The molecule has 5 rings (SSSR count). The van der Waals surface area contributed by atoms with Crippen molar-refractivity contribution in [3.8, 4) is 5.75 Å².